The molecule has 6 nitrogen and oxygen atoms in total. The molecule has 0 heterocycles. The molecule has 1 atom stereocenters. The summed E-state index contributed by atoms with van der Waals surface area (Å²) in [6.45, 7) is 0.366. The van der Waals surface area contributed by atoms with E-state index in [2.05, 4.69) is 16.0 Å². The van der Waals surface area contributed by atoms with Crippen molar-refractivity contribution in [1.29, 1.82) is 0 Å². The van der Waals surface area contributed by atoms with Gasteiger partial charge in [0, 0.05) is 6.54 Å². The summed E-state index contributed by atoms with van der Waals surface area (Å²) >= 11 is 0. The summed E-state index contributed by atoms with van der Waals surface area (Å²) in [6, 6.07) is 17.0. The Morgan fingerprint density at radius 2 is 1.74 bits per heavy atom. The standard InChI is InChI=1S/C21H25N3O3/c1-27-18-11-9-17(10-12-18)20(16-7-8-16)24-19(25)14-23-21(26)22-13-15-5-3-2-4-6-15/h2-6,9-12,16,20H,7-8,13-14H2,1H3,(H,24,25)(H2,22,23,26)/t20-/m1/s1. The normalized spacial score (nSPS) is 14.1. The largest absolute Gasteiger partial charge is 0.497 e. The van der Waals surface area contributed by atoms with E-state index in [1.165, 1.54) is 0 Å². The van der Waals surface area contributed by atoms with Crippen molar-refractivity contribution in [1.82, 2.24) is 16.0 Å². The van der Waals surface area contributed by atoms with Crippen LogP contribution >= 0.6 is 0 Å². The molecule has 1 saturated carbocycles. The number of amides is 3. The Morgan fingerprint density at radius 3 is 2.37 bits per heavy atom. The summed E-state index contributed by atoms with van der Waals surface area (Å²) in [5, 5.41) is 8.39. The highest BCUT2D eigenvalue weighted by atomic mass is 16.5. The fraction of sp³-hybridized carbons (Fsp3) is 0.333. The summed E-state index contributed by atoms with van der Waals surface area (Å²) in [6.07, 6.45) is 2.20. The fourth-order valence-corrected chi connectivity index (χ4v) is 2.94. The Kier molecular flexibility index (Phi) is 6.30. The average molecular weight is 367 g/mol. The highest BCUT2D eigenvalue weighted by molar-refractivity contribution is 5.84. The highest BCUT2D eigenvalue weighted by Gasteiger charge is 2.33. The van der Waals surface area contributed by atoms with E-state index in [4.69, 9.17) is 4.74 Å². The van der Waals surface area contributed by atoms with Gasteiger partial charge in [-0.15, -0.1) is 0 Å². The minimum absolute atomic E-state index is 0.0300. The second kappa shape index (κ2) is 9.07. The van der Waals surface area contributed by atoms with Gasteiger partial charge in [0.2, 0.25) is 5.91 Å². The lowest BCUT2D eigenvalue weighted by atomic mass is 10.0. The molecule has 0 unspecified atom stereocenters. The number of methoxy groups -OCH3 is 1. The van der Waals surface area contributed by atoms with Crippen molar-refractivity contribution in [2.24, 2.45) is 5.92 Å². The van der Waals surface area contributed by atoms with Gasteiger partial charge in [-0.2, -0.15) is 0 Å². The van der Waals surface area contributed by atoms with Gasteiger partial charge in [0.25, 0.3) is 0 Å². The molecule has 3 rings (SSSR count). The molecule has 0 saturated heterocycles. The Balaban J connectivity index is 1.45. The summed E-state index contributed by atoms with van der Waals surface area (Å²) < 4.78 is 5.18. The number of rotatable bonds is 8. The van der Waals surface area contributed by atoms with Crippen molar-refractivity contribution in [2.75, 3.05) is 13.7 Å². The first-order chi connectivity index (χ1) is 13.2. The quantitative estimate of drug-likeness (QED) is 0.671. The third-order valence-electron chi connectivity index (χ3n) is 4.59. The molecule has 0 aliphatic heterocycles. The van der Waals surface area contributed by atoms with E-state index in [1.54, 1.807) is 7.11 Å². The molecule has 6 heteroatoms. The summed E-state index contributed by atoms with van der Waals surface area (Å²) in [5.74, 6) is 1.04. The number of ether oxygens (including phenoxy) is 1. The SMILES string of the molecule is COc1ccc([C@H](NC(=O)CNC(=O)NCc2ccccc2)C2CC2)cc1. The number of carbonyl (C=O) groups is 2. The molecular weight excluding hydrogens is 342 g/mol. The van der Waals surface area contributed by atoms with Crippen LogP contribution in [-0.4, -0.2) is 25.6 Å². The first-order valence-corrected chi connectivity index (χ1v) is 9.14. The molecule has 142 valence electrons. The van der Waals surface area contributed by atoms with Crippen LogP contribution in [0, 0.1) is 5.92 Å². The summed E-state index contributed by atoms with van der Waals surface area (Å²) in [4.78, 5) is 24.2. The Bertz CT molecular complexity index is 758. The van der Waals surface area contributed by atoms with E-state index in [9.17, 15) is 9.59 Å². The maximum Gasteiger partial charge on any atom is 0.315 e. The predicted octanol–water partition coefficient (Wildman–Crippen LogP) is 2.76. The number of benzene rings is 2. The van der Waals surface area contributed by atoms with Crippen molar-refractivity contribution in [3.63, 3.8) is 0 Å². The van der Waals surface area contributed by atoms with Crippen molar-refractivity contribution in [3.05, 3.63) is 65.7 Å². The molecule has 2 aromatic carbocycles. The molecule has 3 amide bonds. The minimum atomic E-state index is -0.360. The lowest BCUT2D eigenvalue weighted by molar-refractivity contribution is -0.121. The molecule has 1 aliphatic carbocycles. The van der Waals surface area contributed by atoms with Crippen LogP contribution in [0.4, 0.5) is 4.79 Å². The van der Waals surface area contributed by atoms with Gasteiger partial charge < -0.3 is 20.7 Å². The van der Waals surface area contributed by atoms with Crippen molar-refractivity contribution in [3.8, 4) is 5.75 Å². The van der Waals surface area contributed by atoms with Gasteiger partial charge in [0.1, 0.15) is 5.75 Å². The van der Waals surface area contributed by atoms with Crippen LogP contribution in [0.2, 0.25) is 0 Å². The van der Waals surface area contributed by atoms with E-state index in [1.807, 2.05) is 54.6 Å². The van der Waals surface area contributed by atoms with E-state index in [0.29, 0.717) is 12.5 Å². The molecule has 2 aromatic rings. The van der Waals surface area contributed by atoms with Crippen molar-refractivity contribution >= 4 is 11.9 Å². The number of urea groups is 1. The van der Waals surface area contributed by atoms with Crippen molar-refractivity contribution in [2.45, 2.75) is 25.4 Å². The number of hydrogen-bond donors (Lipinski definition) is 3. The van der Waals surface area contributed by atoms with Gasteiger partial charge in [-0.05, 0) is 42.0 Å². The Morgan fingerprint density at radius 1 is 1.04 bits per heavy atom. The van der Waals surface area contributed by atoms with Crippen LogP contribution in [0.1, 0.15) is 30.0 Å². The Hall–Kier alpha value is -3.02. The molecule has 0 spiro atoms. The van der Waals surface area contributed by atoms with Gasteiger partial charge in [0.15, 0.2) is 0 Å². The maximum atomic E-state index is 12.3. The number of carbonyl (C=O) groups excluding carboxylic acids is 2. The molecule has 0 radical (unpaired) electrons. The minimum Gasteiger partial charge on any atom is -0.497 e. The van der Waals surface area contributed by atoms with E-state index in [-0.39, 0.29) is 24.5 Å². The second-order valence-electron chi connectivity index (χ2n) is 6.68. The van der Waals surface area contributed by atoms with E-state index >= 15 is 0 Å². The maximum absolute atomic E-state index is 12.3. The van der Waals surface area contributed by atoms with E-state index < -0.39 is 0 Å². The smallest absolute Gasteiger partial charge is 0.315 e. The van der Waals surface area contributed by atoms with Gasteiger partial charge in [-0.1, -0.05) is 42.5 Å². The third kappa shape index (κ3) is 5.74. The van der Waals surface area contributed by atoms with E-state index in [0.717, 1.165) is 29.7 Å². The highest BCUT2D eigenvalue weighted by Crippen LogP contribution is 2.41. The lowest BCUT2D eigenvalue weighted by Crippen LogP contribution is -2.43. The molecule has 1 aliphatic rings. The van der Waals surface area contributed by atoms with Gasteiger partial charge in [0.05, 0.1) is 19.7 Å². The van der Waals surface area contributed by atoms with Crippen LogP contribution in [0.3, 0.4) is 0 Å². The topological polar surface area (TPSA) is 79.5 Å². The van der Waals surface area contributed by atoms with Crippen LogP contribution in [0.5, 0.6) is 5.75 Å². The third-order valence-corrected chi connectivity index (χ3v) is 4.59. The van der Waals surface area contributed by atoms with Crippen LogP contribution in [-0.2, 0) is 11.3 Å². The monoisotopic (exact) mass is 367 g/mol. The second-order valence-corrected chi connectivity index (χ2v) is 6.68. The zero-order chi connectivity index (χ0) is 19.1. The average Bonchev–Trinajstić information content (AvgIpc) is 3.55. The first kappa shape index (κ1) is 18.8. The number of hydrogen-bond acceptors (Lipinski definition) is 3. The number of nitrogens with one attached hydrogen (secondary N) is 3. The van der Waals surface area contributed by atoms with Gasteiger partial charge in [-0.25, -0.2) is 4.79 Å². The summed E-state index contributed by atoms with van der Waals surface area (Å²) in [7, 11) is 1.63. The summed E-state index contributed by atoms with van der Waals surface area (Å²) in [5.41, 5.74) is 2.06. The van der Waals surface area contributed by atoms with Crippen molar-refractivity contribution < 1.29 is 14.3 Å². The fourth-order valence-electron chi connectivity index (χ4n) is 2.94. The van der Waals surface area contributed by atoms with Crippen LogP contribution in [0.25, 0.3) is 0 Å². The molecule has 0 aromatic heterocycles. The molecule has 27 heavy (non-hydrogen) atoms. The molecule has 3 N–H and O–H groups in total. The predicted molar refractivity (Wildman–Crippen MR) is 103 cm³/mol. The first-order valence-electron chi connectivity index (χ1n) is 9.14. The zero-order valence-corrected chi connectivity index (χ0v) is 15.4. The lowest BCUT2D eigenvalue weighted by Gasteiger charge is -2.19. The molecule has 1 fully saturated rings. The van der Waals surface area contributed by atoms with Crippen LogP contribution < -0.4 is 20.7 Å². The van der Waals surface area contributed by atoms with Crippen LogP contribution in [0.15, 0.2) is 54.6 Å². The Labute approximate surface area is 159 Å². The molecular formula is C21H25N3O3. The van der Waals surface area contributed by atoms with Gasteiger partial charge in [-0.3, -0.25) is 4.79 Å². The van der Waals surface area contributed by atoms with Gasteiger partial charge >= 0.3 is 6.03 Å². The zero-order valence-electron chi connectivity index (χ0n) is 15.4. The molecule has 0 bridgehead atoms.